The summed E-state index contributed by atoms with van der Waals surface area (Å²) < 4.78 is 1.14. The molecule has 11 heavy (non-hydrogen) atoms. The molecule has 0 fully saturated rings. The second kappa shape index (κ2) is 2.83. The molecule has 1 aliphatic rings. The molecule has 2 rings (SSSR count). The Morgan fingerprint density at radius 3 is 3.18 bits per heavy atom. The van der Waals surface area contributed by atoms with Gasteiger partial charge in [-0.05, 0) is 23.8 Å². The van der Waals surface area contributed by atoms with E-state index in [9.17, 15) is 0 Å². The van der Waals surface area contributed by atoms with Gasteiger partial charge in [0, 0.05) is 16.7 Å². The highest BCUT2D eigenvalue weighted by Gasteiger charge is 2.06. The van der Waals surface area contributed by atoms with Crippen molar-refractivity contribution in [2.75, 3.05) is 12.0 Å². The first-order chi connectivity index (χ1) is 5.36. The second-order valence-corrected chi connectivity index (χ2v) is 3.50. The third kappa shape index (κ3) is 1.39. The van der Waals surface area contributed by atoms with Crippen LogP contribution in [0, 0.1) is 0 Å². The van der Waals surface area contributed by atoms with E-state index in [2.05, 4.69) is 44.8 Å². The summed E-state index contributed by atoms with van der Waals surface area (Å²) in [6, 6.07) is 6.28. The van der Waals surface area contributed by atoms with Gasteiger partial charge in [0.25, 0.3) is 0 Å². The molecule has 1 aliphatic heterocycles. The van der Waals surface area contributed by atoms with Gasteiger partial charge in [-0.25, -0.2) is 0 Å². The van der Waals surface area contributed by atoms with Gasteiger partial charge in [-0.3, -0.25) is 5.32 Å². The van der Waals surface area contributed by atoms with Crippen LogP contribution in [-0.2, 0) is 6.54 Å². The molecule has 0 unspecified atom stereocenters. The first-order valence-corrected chi connectivity index (χ1v) is 4.38. The summed E-state index contributed by atoms with van der Waals surface area (Å²) in [4.78, 5) is 0. The molecule has 3 heteroatoms. The highest BCUT2D eigenvalue weighted by Crippen LogP contribution is 2.22. The largest absolute Gasteiger partial charge is 0.372 e. The summed E-state index contributed by atoms with van der Waals surface area (Å²) in [7, 11) is 0. The maximum atomic E-state index is 3.43. The topological polar surface area (TPSA) is 24.1 Å². The minimum absolute atomic E-state index is 0.870. The molecule has 0 spiro atoms. The Bertz CT molecular complexity index is 273. The van der Waals surface area contributed by atoms with Crippen LogP contribution in [-0.4, -0.2) is 6.67 Å². The highest BCUT2D eigenvalue weighted by molar-refractivity contribution is 9.10. The van der Waals surface area contributed by atoms with Gasteiger partial charge in [-0.2, -0.15) is 0 Å². The maximum Gasteiger partial charge on any atom is 0.0655 e. The van der Waals surface area contributed by atoms with Crippen LogP contribution in [0.4, 0.5) is 5.69 Å². The van der Waals surface area contributed by atoms with Crippen molar-refractivity contribution in [3.63, 3.8) is 0 Å². The number of hydrogen-bond donors (Lipinski definition) is 2. The van der Waals surface area contributed by atoms with Crippen molar-refractivity contribution >= 4 is 21.6 Å². The van der Waals surface area contributed by atoms with Crippen LogP contribution in [0.2, 0.25) is 0 Å². The molecule has 0 bridgehead atoms. The molecule has 2 N–H and O–H groups in total. The lowest BCUT2D eigenvalue weighted by molar-refractivity contribution is 0.709. The average molecular weight is 213 g/mol. The van der Waals surface area contributed by atoms with Crippen molar-refractivity contribution in [2.24, 2.45) is 0 Å². The van der Waals surface area contributed by atoms with E-state index in [1.165, 1.54) is 11.3 Å². The highest BCUT2D eigenvalue weighted by atomic mass is 79.9. The zero-order valence-electron chi connectivity index (χ0n) is 6.02. The van der Waals surface area contributed by atoms with Crippen LogP contribution in [0.1, 0.15) is 5.56 Å². The Morgan fingerprint density at radius 2 is 2.27 bits per heavy atom. The Morgan fingerprint density at radius 1 is 1.36 bits per heavy atom. The normalized spacial score (nSPS) is 15.4. The van der Waals surface area contributed by atoms with Gasteiger partial charge in [0.05, 0.1) is 6.67 Å². The predicted molar refractivity (Wildman–Crippen MR) is 49.5 cm³/mol. The zero-order chi connectivity index (χ0) is 7.68. The molecule has 58 valence electrons. The fraction of sp³-hybridized carbons (Fsp3) is 0.250. The summed E-state index contributed by atoms with van der Waals surface area (Å²) in [6.07, 6.45) is 0. The smallest absolute Gasteiger partial charge is 0.0655 e. The van der Waals surface area contributed by atoms with Crippen molar-refractivity contribution in [2.45, 2.75) is 6.54 Å². The fourth-order valence-corrected chi connectivity index (χ4v) is 1.64. The third-order valence-corrected chi connectivity index (χ3v) is 2.28. The number of halogens is 1. The summed E-state index contributed by atoms with van der Waals surface area (Å²) in [5, 5.41) is 6.49. The second-order valence-electron chi connectivity index (χ2n) is 2.58. The number of benzene rings is 1. The van der Waals surface area contributed by atoms with Gasteiger partial charge < -0.3 is 5.32 Å². The van der Waals surface area contributed by atoms with Gasteiger partial charge in [-0.1, -0.05) is 15.9 Å². The fourth-order valence-electron chi connectivity index (χ4n) is 1.24. The lowest BCUT2D eigenvalue weighted by Gasteiger charge is -2.18. The van der Waals surface area contributed by atoms with Crippen molar-refractivity contribution in [3.05, 3.63) is 28.2 Å². The molecule has 0 atom stereocenters. The number of anilines is 1. The van der Waals surface area contributed by atoms with Crippen molar-refractivity contribution in [1.29, 1.82) is 0 Å². The molecule has 0 aromatic heterocycles. The van der Waals surface area contributed by atoms with Gasteiger partial charge in [0.15, 0.2) is 0 Å². The molecule has 2 nitrogen and oxygen atoms in total. The van der Waals surface area contributed by atoms with Crippen molar-refractivity contribution < 1.29 is 0 Å². The summed E-state index contributed by atoms with van der Waals surface area (Å²) in [6.45, 7) is 1.83. The van der Waals surface area contributed by atoms with Crippen LogP contribution >= 0.6 is 15.9 Å². The van der Waals surface area contributed by atoms with Crippen LogP contribution in [0.3, 0.4) is 0 Å². The Kier molecular flexibility index (Phi) is 1.84. The van der Waals surface area contributed by atoms with Gasteiger partial charge in [0.2, 0.25) is 0 Å². The Balaban J connectivity index is 2.43. The molecule has 0 aliphatic carbocycles. The van der Waals surface area contributed by atoms with E-state index in [4.69, 9.17) is 0 Å². The number of nitrogens with one attached hydrogen (secondary N) is 2. The summed E-state index contributed by atoms with van der Waals surface area (Å²) in [5.41, 5.74) is 2.57. The number of rotatable bonds is 0. The van der Waals surface area contributed by atoms with Crippen LogP contribution in [0.15, 0.2) is 22.7 Å². The molecule has 0 amide bonds. The van der Waals surface area contributed by atoms with E-state index in [1.807, 2.05) is 0 Å². The monoisotopic (exact) mass is 212 g/mol. The quantitative estimate of drug-likeness (QED) is 0.687. The molecule has 1 aromatic carbocycles. The van der Waals surface area contributed by atoms with E-state index >= 15 is 0 Å². The standard InChI is InChI=1S/C8H9BrN2/c9-7-1-2-8-6(3-7)4-10-5-11-8/h1-3,10-11H,4-5H2. The maximum absolute atomic E-state index is 3.43. The molecular weight excluding hydrogens is 204 g/mol. The van der Waals surface area contributed by atoms with Crippen LogP contribution in [0.25, 0.3) is 0 Å². The minimum Gasteiger partial charge on any atom is -0.372 e. The van der Waals surface area contributed by atoms with E-state index in [0.29, 0.717) is 0 Å². The van der Waals surface area contributed by atoms with E-state index < -0.39 is 0 Å². The van der Waals surface area contributed by atoms with Crippen LogP contribution < -0.4 is 10.6 Å². The van der Waals surface area contributed by atoms with E-state index in [1.54, 1.807) is 0 Å². The Labute approximate surface area is 74.1 Å². The predicted octanol–water partition coefficient (Wildman–Crippen LogP) is 1.92. The third-order valence-electron chi connectivity index (χ3n) is 1.79. The Hall–Kier alpha value is -0.540. The SMILES string of the molecule is Brc1ccc2c(c1)CNCN2. The van der Waals surface area contributed by atoms with E-state index in [-0.39, 0.29) is 0 Å². The molecule has 1 aromatic rings. The lowest BCUT2D eigenvalue weighted by Crippen LogP contribution is -2.27. The van der Waals surface area contributed by atoms with Gasteiger partial charge in [-0.15, -0.1) is 0 Å². The molecule has 0 saturated heterocycles. The summed E-state index contributed by atoms with van der Waals surface area (Å²) in [5.74, 6) is 0. The molecule has 0 radical (unpaired) electrons. The average Bonchev–Trinajstić information content (AvgIpc) is 2.04. The minimum atomic E-state index is 0.870. The van der Waals surface area contributed by atoms with E-state index in [0.717, 1.165) is 17.7 Å². The molecular formula is C8H9BrN2. The van der Waals surface area contributed by atoms with Crippen LogP contribution in [0.5, 0.6) is 0 Å². The first-order valence-electron chi connectivity index (χ1n) is 3.59. The molecule has 0 saturated carbocycles. The summed E-state index contributed by atoms with van der Waals surface area (Å²) >= 11 is 3.43. The number of fused-ring (bicyclic) bond motifs is 1. The lowest BCUT2D eigenvalue weighted by atomic mass is 10.1. The van der Waals surface area contributed by atoms with Gasteiger partial charge >= 0.3 is 0 Å². The van der Waals surface area contributed by atoms with Crippen molar-refractivity contribution in [3.8, 4) is 0 Å². The number of hydrogen-bond acceptors (Lipinski definition) is 2. The van der Waals surface area contributed by atoms with Gasteiger partial charge in [0.1, 0.15) is 0 Å². The first kappa shape index (κ1) is 7.13. The molecule has 1 heterocycles. The van der Waals surface area contributed by atoms with Crippen molar-refractivity contribution in [1.82, 2.24) is 5.32 Å². The zero-order valence-corrected chi connectivity index (χ0v) is 7.61.